The number of rotatable bonds is 7. The van der Waals surface area contributed by atoms with Crippen molar-refractivity contribution < 1.29 is 36.1 Å². The van der Waals surface area contributed by atoms with Crippen LogP contribution in [0, 0.1) is 17.0 Å². The SMILES string of the molecule is Cc1c(CC(=O)C[C@@H](c2ccc(C(F)(F)F)cc2)c2ncccc2C(F)(F)F)cccc1[N+](=O)[O-]. The van der Waals surface area contributed by atoms with Crippen molar-refractivity contribution in [2.24, 2.45) is 0 Å². The van der Waals surface area contributed by atoms with E-state index in [1.165, 1.54) is 25.1 Å². The number of halogens is 6. The zero-order chi connectivity index (χ0) is 26.0. The normalized spacial score (nSPS) is 12.9. The maximum atomic E-state index is 13.7. The number of pyridine rings is 1. The molecule has 0 aliphatic rings. The molecule has 0 radical (unpaired) electrons. The first-order valence-electron chi connectivity index (χ1n) is 10.2. The number of carbonyl (C=O) groups excluding carboxylic acids is 1. The summed E-state index contributed by atoms with van der Waals surface area (Å²) in [6, 6.07) is 9.51. The number of hydrogen-bond donors (Lipinski definition) is 0. The summed E-state index contributed by atoms with van der Waals surface area (Å²) in [4.78, 5) is 27.3. The first-order valence-corrected chi connectivity index (χ1v) is 10.2. The summed E-state index contributed by atoms with van der Waals surface area (Å²) in [5.74, 6) is -1.85. The van der Waals surface area contributed by atoms with Crippen LogP contribution >= 0.6 is 0 Å². The van der Waals surface area contributed by atoms with Gasteiger partial charge in [0.05, 0.1) is 21.7 Å². The van der Waals surface area contributed by atoms with Gasteiger partial charge in [0.1, 0.15) is 5.78 Å². The zero-order valence-corrected chi connectivity index (χ0v) is 18.2. The molecule has 0 aliphatic carbocycles. The first-order chi connectivity index (χ1) is 16.3. The molecule has 11 heteroatoms. The van der Waals surface area contributed by atoms with Gasteiger partial charge < -0.3 is 0 Å². The quantitative estimate of drug-likeness (QED) is 0.208. The third-order valence-corrected chi connectivity index (χ3v) is 5.55. The second kappa shape index (κ2) is 9.85. The molecule has 2 aromatic carbocycles. The first kappa shape index (κ1) is 25.9. The average Bonchev–Trinajstić information content (AvgIpc) is 2.77. The predicted octanol–water partition coefficient (Wildman–Crippen LogP) is 6.67. The molecule has 1 atom stereocenters. The lowest BCUT2D eigenvalue weighted by Crippen LogP contribution is -2.18. The van der Waals surface area contributed by atoms with Gasteiger partial charge in [-0.25, -0.2) is 0 Å². The van der Waals surface area contributed by atoms with Crippen LogP contribution in [0.4, 0.5) is 32.0 Å². The van der Waals surface area contributed by atoms with E-state index >= 15 is 0 Å². The highest BCUT2D eigenvalue weighted by Gasteiger charge is 2.37. The molecule has 0 unspecified atom stereocenters. The Labute approximate surface area is 195 Å². The summed E-state index contributed by atoms with van der Waals surface area (Å²) in [6.45, 7) is 1.45. The van der Waals surface area contributed by atoms with E-state index in [4.69, 9.17) is 0 Å². The van der Waals surface area contributed by atoms with Gasteiger partial charge in [-0.1, -0.05) is 24.3 Å². The van der Waals surface area contributed by atoms with Gasteiger partial charge in [0.15, 0.2) is 0 Å². The standard InChI is InChI=1S/C24H18F6N2O3/c1-14-16(4-2-6-21(14)32(34)35)12-18(33)13-19(15-7-9-17(10-8-15)23(25,26)27)22-20(24(28,29)30)5-3-11-31-22/h2-11,19H,12-13H2,1H3/t19-/m0/s1. The predicted molar refractivity (Wildman–Crippen MR) is 114 cm³/mol. The topological polar surface area (TPSA) is 73.1 Å². The van der Waals surface area contributed by atoms with Crippen LogP contribution < -0.4 is 0 Å². The molecule has 1 aromatic heterocycles. The van der Waals surface area contributed by atoms with Crippen molar-refractivity contribution in [3.63, 3.8) is 0 Å². The maximum absolute atomic E-state index is 13.7. The Morgan fingerprint density at radius 2 is 1.63 bits per heavy atom. The number of nitro groups is 1. The highest BCUT2D eigenvalue weighted by Crippen LogP contribution is 2.39. The van der Waals surface area contributed by atoms with Gasteiger partial charge in [-0.15, -0.1) is 0 Å². The number of aromatic nitrogens is 1. The van der Waals surface area contributed by atoms with Crippen LogP contribution in [0.3, 0.4) is 0 Å². The third-order valence-electron chi connectivity index (χ3n) is 5.55. The van der Waals surface area contributed by atoms with Crippen molar-refractivity contribution in [2.45, 2.75) is 38.0 Å². The van der Waals surface area contributed by atoms with Crippen molar-refractivity contribution in [2.75, 3.05) is 0 Å². The molecule has 0 saturated heterocycles. The summed E-state index contributed by atoms with van der Waals surface area (Å²) in [6.07, 6.45) is -9.16. The fourth-order valence-electron chi connectivity index (χ4n) is 3.78. The lowest BCUT2D eigenvalue weighted by atomic mass is 9.86. The van der Waals surface area contributed by atoms with Gasteiger partial charge >= 0.3 is 12.4 Å². The van der Waals surface area contributed by atoms with E-state index in [0.717, 1.165) is 42.6 Å². The summed E-state index contributed by atoms with van der Waals surface area (Å²) < 4.78 is 79.9. The minimum atomic E-state index is -4.81. The molecule has 0 bridgehead atoms. The van der Waals surface area contributed by atoms with Crippen molar-refractivity contribution in [1.82, 2.24) is 4.98 Å². The summed E-state index contributed by atoms with van der Waals surface area (Å²) in [7, 11) is 0. The Balaban J connectivity index is 2.01. The molecule has 184 valence electrons. The lowest BCUT2D eigenvalue weighted by Gasteiger charge is -2.21. The molecule has 0 amide bonds. The molecule has 3 rings (SSSR count). The minimum Gasteiger partial charge on any atom is -0.299 e. The highest BCUT2D eigenvalue weighted by atomic mass is 19.4. The van der Waals surface area contributed by atoms with E-state index in [-0.39, 0.29) is 23.2 Å². The van der Waals surface area contributed by atoms with Gasteiger partial charge in [0, 0.05) is 36.6 Å². The Bertz CT molecular complexity index is 1240. The van der Waals surface area contributed by atoms with E-state index < -0.39 is 52.2 Å². The monoisotopic (exact) mass is 496 g/mol. The number of nitro benzene ring substituents is 1. The molecule has 0 fully saturated rings. The number of Topliss-reactive ketones (excluding diaryl/α,β-unsaturated/α-hetero) is 1. The van der Waals surface area contributed by atoms with E-state index in [2.05, 4.69) is 4.98 Å². The Morgan fingerprint density at radius 3 is 2.20 bits per heavy atom. The zero-order valence-electron chi connectivity index (χ0n) is 18.2. The fourth-order valence-corrected chi connectivity index (χ4v) is 3.78. The Morgan fingerprint density at radius 1 is 0.971 bits per heavy atom. The number of nitrogens with zero attached hydrogens (tertiary/aromatic N) is 2. The molecular weight excluding hydrogens is 478 g/mol. The average molecular weight is 496 g/mol. The summed E-state index contributed by atoms with van der Waals surface area (Å²) in [5, 5.41) is 11.2. The molecule has 0 spiro atoms. The number of alkyl halides is 6. The van der Waals surface area contributed by atoms with E-state index in [1.807, 2.05) is 0 Å². The minimum absolute atomic E-state index is 0.0475. The molecule has 0 N–H and O–H groups in total. The Kier molecular flexibility index (Phi) is 7.27. The second-order valence-electron chi connectivity index (χ2n) is 7.84. The van der Waals surface area contributed by atoms with Crippen LogP contribution in [-0.2, 0) is 23.6 Å². The van der Waals surface area contributed by atoms with Gasteiger partial charge in [-0.3, -0.25) is 19.9 Å². The maximum Gasteiger partial charge on any atom is 0.418 e. The molecule has 0 saturated carbocycles. The van der Waals surface area contributed by atoms with E-state index in [1.54, 1.807) is 0 Å². The van der Waals surface area contributed by atoms with Crippen LogP contribution in [0.2, 0.25) is 0 Å². The van der Waals surface area contributed by atoms with Gasteiger partial charge in [-0.05, 0) is 42.3 Å². The van der Waals surface area contributed by atoms with Crippen molar-refractivity contribution >= 4 is 11.5 Å². The number of benzene rings is 2. The molecule has 3 aromatic rings. The van der Waals surface area contributed by atoms with Crippen LogP contribution in [0.1, 0.15) is 45.8 Å². The lowest BCUT2D eigenvalue weighted by molar-refractivity contribution is -0.385. The third kappa shape index (κ3) is 6.03. The second-order valence-corrected chi connectivity index (χ2v) is 7.84. The van der Waals surface area contributed by atoms with Crippen molar-refractivity contribution in [3.8, 4) is 0 Å². The van der Waals surface area contributed by atoms with Crippen LogP contribution in [-0.4, -0.2) is 15.7 Å². The largest absolute Gasteiger partial charge is 0.418 e. The van der Waals surface area contributed by atoms with Crippen LogP contribution in [0.15, 0.2) is 60.8 Å². The van der Waals surface area contributed by atoms with Gasteiger partial charge in [-0.2, -0.15) is 26.3 Å². The van der Waals surface area contributed by atoms with E-state index in [9.17, 15) is 41.3 Å². The molecule has 0 aliphatic heterocycles. The number of ketones is 1. The summed E-state index contributed by atoms with van der Waals surface area (Å²) >= 11 is 0. The highest BCUT2D eigenvalue weighted by molar-refractivity contribution is 5.83. The smallest absolute Gasteiger partial charge is 0.299 e. The fraction of sp³-hybridized carbons (Fsp3) is 0.250. The van der Waals surface area contributed by atoms with Crippen molar-refractivity contribution in [3.05, 3.63) is 104 Å². The molecule has 35 heavy (non-hydrogen) atoms. The van der Waals surface area contributed by atoms with Crippen LogP contribution in [0.5, 0.6) is 0 Å². The van der Waals surface area contributed by atoms with E-state index in [0.29, 0.717) is 5.56 Å². The Hall–Kier alpha value is -3.76. The van der Waals surface area contributed by atoms with Crippen LogP contribution in [0.25, 0.3) is 0 Å². The molecule has 1 heterocycles. The number of carbonyl (C=O) groups is 1. The molecular formula is C24H18F6N2O3. The number of hydrogen-bond acceptors (Lipinski definition) is 4. The van der Waals surface area contributed by atoms with Gasteiger partial charge in [0.2, 0.25) is 0 Å². The van der Waals surface area contributed by atoms with Gasteiger partial charge in [0.25, 0.3) is 5.69 Å². The summed E-state index contributed by atoms with van der Waals surface area (Å²) in [5.41, 5.74) is -2.19. The molecule has 5 nitrogen and oxygen atoms in total. The van der Waals surface area contributed by atoms with Crippen molar-refractivity contribution in [1.29, 1.82) is 0 Å².